The van der Waals surface area contributed by atoms with E-state index >= 15 is 0 Å². The van der Waals surface area contributed by atoms with Crippen LogP contribution in [0.15, 0.2) is 47.3 Å². The number of aromatic nitrogens is 4. The number of carbonyl (C=O) groups is 1. The average molecular weight is 475 g/mol. The van der Waals surface area contributed by atoms with Crippen LogP contribution >= 0.6 is 52.6 Å². The summed E-state index contributed by atoms with van der Waals surface area (Å²) in [6.45, 7) is 1.81. The highest BCUT2D eigenvalue weighted by atomic mass is 79.9. The van der Waals surface area contributed by atoms with E-state index in [9.17, 15) is 4.79 Å². The molecule has 3 rings (SSSR count). The molecule has 136 valence electrons. The zero-order valence-electron chi connectivity index (χ0n) is 13.4. The van der Waals surface area contributed by atoms with Crippen LogP contribution in [0.2, 0.25) is 10.0 Å². The molecule has 0 spiro atoms. The molecule has 0 radical (unpaired) electrons. The fourth-order valence-electron chi connectivity index (χ4n) is 2.24. The molecule has 0 aliphatic heterocycles. The zero-order chi connectivity index (χ0) is 18.0. The van der Waals surface area contributed by atoms with Crippen molar-refractivity contribution >= 4 is 58.5 Å². The lowest BCUT2D eigenvalue weighted by Gasteiger charge is -2.14. The van der Waals surface area contributed by atoms with Crippen LogP contribution in [-0.4, -0.2) is 25.7 Å². The standard InChI is InChI=1S/C16H12BrCl2N5O.H2S/c1-9(23-16(25)10-4-11(17)6-13(19)5-10)15-21-8-22-24(15)14-3-2-12(18)7-20-14;/h2-9H,1H3,(H,23,25);1H2/t9-;/m0./s1. The smallest absolute Gasteiger partial charge is 0.251 e. The molecule has 3 aromatic rings. The molecule has 0 fully saturated rings. The van der Waals surface area contributed by atoms with Crippen molar-refractivity contribution in [2.75, 3.05) is 0 Å². The summed E-state index contributed by atoms with van der Waals surface area (Å²) in [6, 6.07) is 8.04. The van der Waals surface area contributed by atoms with E-state index in [1.807, 2.05) is 6.92 Å². The van der Waals surface area contributed by atoms with Crippen molar-refractivity contribution in [3.63, 3.8) is 0 Å². The van der Waals surface area contributed by atoms with Gasteiger partial charge in [0.2, 0.25) is 0 Å². The number of halogens is 3. The molecule has 1 N–H and O–H groups in total. The van der Waals surface area contributed by atoms with Crippen molar-refractivity contribution in [2.45, 2.75) is 13.0 Å². The summed E-state index contributed by atoms with van der Waals surface area (Å²) >= 11 is 15.2. The summed E-state index contributed by atoms with van der Waals surface area (Å²) in [7, 11) is 0. The fourth-order valence-corrected chi connectivity index (χ4v) is 3.22. The second-order valence-corrected chi connectivity index (χ2v) is 7.01. The molecule has 0 bridgehead atoms. The maximum Gasteiger partial charge on any atom is 0.251 e. The highest BCUT2D eigenvalue weighted by molar-refractivity contribution is 9.10. The summed E-state index contributed by atoms with van der Waals surface area (Å²) in [5.74, 6) is 0.835. The van der Waals surface area contributed by atoms with Crippen molar-refractivity contribution in [3.8, 4) is 5.82 Å². The van der Waals surface area contributed by atoms with Gasteiger partial charge >= 0.3 is 0 Å². The minimum absolute atomic E-state index is 0. The Labute approximate surface area is 175 Å². The molecule has 26 heavy (non-hydrogen) atoms. The van der Waals surface area contributed by atoms with Crippen LogP contribution in [0.25, 0.3) is 5.82 Å². The minimum atomic E-state index is -0.398. The Bertz CT molecular complexity index is 899. The largest absolute Gasteiger partial charge is 0.342 e. The predicted octanol–water partition coefficient (Wildman–Crippen LogP) is 4.34. The first kappa shape index (κ1) is 20.7. The second kappa shape index (κ2) is 8.85. The Morgan fingerprint density at radius 2 is 1.96 bits per heavy atom. The molecule has 1 aromatic carbocycles. The topological polar surface area (TPSA) is 72.7 Å². The normalized spacial score (nSPS) is 11.5. The van der Waals surface area contributed by atoms with Gasteiger partial charge in [-0.1, -0.05) is 39.1 Å². The predicted molar refractivity (Wildman–Crippen MR) is 110 cm³/mol. The Morgan fingerprint density at radius 1 is 1.19 bits per heavy atom. The lowest BCUT2D eigenvalue weighted by atomic mass is 10.2. The highest BCUT2D eigenvalue weighted by Crippen LogP contribution is 2.21. The van der Waals surface area contributed by atoms with E-state index in [1.54, 1.807) is 35.0 Å². The summed E-state index contributed by atoms with van der Waals surface area (Å²) in [4.78, 5) is 20.9. The van der Waals surface area contributed by atoms with Gasteiger partial charge in [-0.2, -0.15) is 23.3 Å². The van der Waals surface area contributed by atoms with E-state index in [0.29, 0.717) is 27.3 Å². The van der Waals surface area contributed by atoms with Crippen LogP contribution in [0, 0.1) is 0 Å². The number of carbonyl (C=O) groups excluding carboxylic acids is 1. The molecular formula is C16H14BrCl2N5OS. The number of nitrogens with zero attached hydrogens (tertiary/aromatic N) is 4. The molecular weight excluding hydrogens is 461 g/mol. The van der Waals surface area contributed by atoms with Crippen molar-refractivity contribution in [3.05, 3.63) is 68.8 Å². The molecule has 2 heterocycles. The van der Waals surface area contributed by atoms with Gasteiger partial charge in [0.05, 0.1) is 11.1 Å². The lowest BCUT2D eigenvalue weighted by Crippen LogP contribution is -2.28. The fraction of sp³-hybridized carbons (Fsp3) is 0.125. The van der Waals surface area contributed by atoms with Crippen molar-refractivity contribution < 1.29 is 4.79 Å². The first-order valence-corrected chi connectivity index (χ1v) is 8.78. The van der Waals surface area contributed by atoms with Crippen LogP contribution in [0.3, 0.4) is 0 Å². The van der Waals surface area contributed by atoms with E-state index in [1.165, 1.54) is 12.5 Å². The Kier molecular flexibility index (Phi) is 7.05. The molecule has 10 heteroatoms. The lowest BCUT2D eigenvalue weighted by molar-refractivity contribution is 0.0938. The van der Waals surface area contributed by atoms with Crippen molar-refractivity contribution in [1.29, 1.82) is 0 Å². The molecule has 0 aliphatic rings. The highest BCUT2D eigenvalue weighted by Gasteiger charge is 2.18. The van der Waals surface area contributed by atoms with Gasteiger partial charge in [-0.3, -0.25) is 4.79 Å². The zero-order valence-corrected chi connectivity index (χ0v) is 17.5. The molecule has 6 nitrogen and oxygen atoms in total. The first-order chi connectivity index (χ1) is 11.9. The third-order valence-electron chi connectivity index (χ3n) is 3.36. The van der Waals surface area contributed by atoms with Gasteiger partial charge in [-0.05, 0) is 37.3 Å². The number of nitrogens with one attached hydrogen (secondary N) is 1. The molecule has 0 saturated carbocycles. The van der Waals surface area contributed by atoms with Gasteiger partial charge in [0.1, 0.15) is 6.33 Å². The van der Waals surface area contributed by atoms with Gasteiger partial charge in [-0.25, -0.2) is 9.97 Å². The van der Waals surface area contributed by atoms with Gasteiger partial charge < -0.3 is 5.32 Å². The van der Waals surface area contributed by atoms with Gasteiger partial charge in [0.15, 0.2) is 11.6 Å². The van der Waals surface area contributed by atoms with Crippen molar-refractivity contribution in [2.24, 2.45) is 0 Å². The number of hydrogen-bond acceptors (Lipinski definition) is 4. The summed E-state index contributed by atoms with van der Waals surface area (Å²) in [6.07, 6.45) is 2.93. The van der Waals surface area contributed by atoms with Crippen LogP contribution < -0.4 is 5.32 Å². The van der Waals surface area contributed by atoms with Crippen LogP contribution in [0.5, 0.6) is 0 Å². The third-order valence-corrected chi connectivity index (χ3v) is 4.26. The van der Waals surface area contributed by atoms with Crippen molar-refractivity contribution in [1.82, 2.24) is 25.1 Å². The third kappa shape index (κ3) is 4.76. The molecule has 0 unspecified atom stereocenters. The van der Waals surface area contributed by atoms with Gasteiger partial charge in [0.25, 0.3) is 5.91 Å². The second-order valence-electron chi connectivity index (χ2n) is 5.22. The van der Waals surface area contributed by atoms with E-state index in [2.05, 4.69) is 36.3 Å². The van der Waals surface area contributed by atoms with Crippen LogP contribution in [0.4, 0.5) is 0 Å². The van der Waals surface area contributed by atoms with E-state index in [-0.39, 0.29) is 19.4 Å². The first-order valence-electron chi connectivity index (χ1n) is 7.23. The number of hydrogen-bond donors (Lipinski definition) is 1. The monoisotopic (exact) mass is 473 g/mol. The SMILES string of the molecule is C[C@H](NC(=O)c1cc(Cl)cc(Br)c1)c1ncnn1-c1ccc(Cl)cn1.S. The van der Waals surface area contributed by atoms with Crippen LogP contribution in [0.1, 0.15) is 29.1 Å². The number of pyridine rings is 1. The quantitative estimate of drug-likeness (QED) is 0.610. The summed E-state index contributed by atoms with van der Waals surface area (Å²) < 4.78 is 2.28. The van der Waals surface area contributed by atoms with E-state index < -0.39 is 6.04 Å². The van der Waals surface area contributed by atoms with E-state index in [0.717, 1.165) is 4.47 Å². The van der Waals surface area contributed by atoms with Gasteiger partial charge in [-0.15, -0.1) is 0 Å². The minimum Gasteiger partial charge on any atom is -0.342 e. The Morgan fingerprint density at radius 3 is 2.62 bits per heavy atom. The number of rotatable bonds is 4. The number of amides is 1. The molecule has 0 aliphatic carbocycles. The number of benzene rings is 1. The van der Waals surface area contributed by atoms with E-state index in [4.69, 9.17) is 23.2 Å². The molecule has 1 amide bonds. The maximum atomic E-state index is 12.5. The average Bonchev–Trinajstić information content (AvgIpc) is 3.04. The molecule has 0 saturated heterocycles. The summed E-state index contributed by atoms with van der Waals surface area (Å²) in [5, 5.41) is 8.04. The van der Waals surface area contributed by atoms with Crippen LogP contribution in [-0.2, 0) is 0 Å². The maximum absolute atomic E-state index is 12.5. The Hall–Kier alpha value is -1.61. The summed E-state index contributed by atoms with van der Waals surface area (Å²) in [5.41, 5.74) is 0.446. The molecule has 1 atom stereocenters. The molecule has 2 aromatic heterocycles. The Balaban J connectivity index is 0.00000243. The van der Waals surface area contributed by atoms with Gasteiger partial charge in [0, 0.05) is 21.3 Å².